The number of amides is 1. The van der Waals surface area contributed by atoms with E-state index in [9.17, 15) is 9.18 Å². The van der Waals surface area contributed by atoms with Crippen LogP contribution in [-0.2, 0) is 0 Å². The summed E-state index contributed by atoms with van der Waals surface area (Å²) < 4.78 is 20.4. The molecular weight excluding hydrogens is 457 g/mol. The molecule has 9 nitrogen and oxygen atoms in total. The first-order chi connectivity index (χ1) is 16.5. The molecular formula is C23H14FN7O2S. The third-order valence-corrected chi connectivity index (χ3v) is 6.08. The zero-order chi connectivity index (χ0) is 23.2. The predicted octanol–water partition coefficient (Wildman–Crippen LogP) is 4.66. The maximum absolute atomic E-state index is 13.5. The number of benzene rings is 2. The first-order valence-electron chi connectivity index (χ1n) is 10.1. The van der Waals surface area contributed by atoms with Gasteiger partial charge >= 0.3 is 0 Å². The number of aromatic nitrogens is 5. The van der Waals surface area contributed by atoms with Crippen LogP contribution in [0, 0.1) is 5.82 Å². The highest BCUT2D eigenvalue weighted by Crippen LogP contribution is 2.29. The standard InChI is InChI=1S/C23H14FN7O2S/c24-13-2-4-14(5-3-13)31-22-15(10-27-31)21(30-23(32)18-7-8-19(25)34-18)28-20(29-22)12-1-6-17-16(9-12)26-11-33-17/h1-11H,25H2,(H,28,29,30,32). The fourth-order valence-corrected chi connectivity index (χ4v) is 4.21. The number of carbonyl (C=O) groups is 1. The molecule has 6 aromatic rings. The molecule has 3 N–H and O–H groups in total. The van der Waals surface area contributed by atoms with Crippen molar-refractivity contribution in [3.63, 3.8) is 0 Å². The zero-order valence-electron chi connectivity index (χ0n) is 17.3. The first kappa shape index (κ1) is 20.0. The minimum atomic E-state index is -0.361. The van der Waals surface area contributed by atoms with E-state index in [4.69, 9.17) is 15.1 Å². The molecule has 4 heterocycles. The topological polar surface area (TPSA) is 125 Å². The molecule has 0 bridgehead atoms. The van der Waals surface area contributed by atoms with Crippen LogP contribution in [0.25, 0.3) is 39.2 Å². The molecule has 166 valence electrons. The molecule has 0 unspecified atom stereocenters. The summed E-state index contributed by atoms with van der Waals surface area (Å²) in [5.74, 6) is -0.0819. The second-order valence-corrected chi connectivity index (χ2v) is 8.47. The zero-order valence-corrected chi connectivity index (χ0v) is 18.1. The van der Waals surface area contributed by atoms with Crippen LogP contribution in [-0.4, -0.2) is 30.6 Å². The fourth-order valence-electron chi connectivity index (χ4n) is 3.54. The molecule has 0 saturated heterocycles. The van der Waals surface area contributed by atoms with Crippen molar-refractivity contribution >= 4 is 50.2 Å². The number of nitrogen functional groups attached to an aromatic ring is 1. The molecule has 34 heavy (non-hydrogen) atoms. The van der Waals surface area contributed by atoms with Gasteiger partial charge in [-0.1, -0.05) is 0 Å². The third-order valence-electron chi connectivity index (χ3n) is 5.17. The lowest BCUT2D eigenvalue weighted by molar-refractivity contribution is 0.103. The van der Waals surface area contributed by atoms with Gasteiger partial charge in [0, 0.05) is 5.56 Å². The molecule has 0 atom stereocenters. The lowest BCUT2D eigenvalue weighted by Crippen LogP contribution is -2.12. The number of oxazole rings is 1. The van der Waals surface area contributed by atoms with Crippen molar-refractivity contribution in [3.8, 4) is 17.1 Å². The monoisotopic (exact) mass is 471 g/mol. The van der Waals surface area contributed by atoms with Crippen LogP contribution in [0.4, 0.5) is 15.2 Å². The molecule has 0 radical (unpaired) electrons. The summed E-state index contributed by atoms with van der Waals surface area (Å²) in [5, 5.41) is 8.31. The number of nitrogens with two attached hydrogens (primary N) is 1. The van der Waals surface area contributed by atoms with E-state index in [2.05, 4.69) is 20.4 Å². The molecule has 0 aliphatic carbocycles. The Kier molecular flexibility index (Phi) is 4.56. The number of thiophene rings is 1. The van der Waals surface area contributed by atoms with E-state index < -0.39 is 0 Å². The van der Waals surface area contributed by atoms with Crippen LogP contribution in [0.5, 0.6) is 0 Å². The van der Waals surface area contributed by atoms with Gasteiger partial charge in [0.1, 0.15) is 17.2 Å². The second-order valence-electron chi connectivity index (χ2n) is 7.36. The van der Waals surface area contributed by atoms with Crippen LogP contribution in [0.2, 0.25) is 0 Å². The Hall–Kier alpha value is -4.64. The van der Waals surface area contributed by atoms with E-state index in [1.54, 1.807) is 53.3 Å². The third kappa shape index (κ3) is 3.44. The first-order valence-corrected chi connectivity index (χ1v) is 10.9. The smallest absolute Gasteiger partial charge is 0.266 e. The van der Waals surface area contributed by atoms with Crippen LogP contribution in [0.3, 0.4) is 0 Å². The summed E-state index contributed by atoms with van der Waals surface area (Å²) in [7, 11) is 0. The minimum Gasteiger partial charge on any atom is -0.443 e. The number of hydrogen-bond acceptors (Lipinski definition) is 8. The number of anilines is 2. The number of nitrogens with one attached hydrogen (secondary N) is 1. The molecule has 11 heteroatoms. The van der Waals surface area contributed by atoms with Gasteiger partial charge in [-0.05, 0) is 54.6 Å². The molecule has 0 spiro atoms. The minimum absolute atomic E-state index is 0.283. The highest BCUT2D eigenvalue weighted by atomic mass is 32.1. The Labute approximate surface area is 194 Å². The van der Waals surface area contributed by atoms with Crippen LogP contribution in [0.15, 0.2) is 71.6 Å². The van der Waals surface area contributed by atoms with Crippen molar-refractivity contribution in [1.29, 1.82) is 0 Å². The Morgan fingerprint density at radius 1 is 1.09 bits per heavy atom. The van der Waals surface area contributed by atoms with Crippen LogP contribution in [0.1, 0.15) is 9.67 Å². The number of carbonyl (C=O) groups excluding carboxylic acids is 1. The highest BCUT2D eigenvalue weighted by Gasteiger charge is 2.19. The molecule has 1 amide bonds. The number of rotatable bonds is 4. The van der Waals surface area contributed by atoms with Gasteiger partial charge in [-0.25, -0.2) is 24.0 Å². The van der Waals surface area contributed by atoms with Gasteiger partial charge in [0.15, 0.2) is 23.4 Å². The molecule has 0 fully saturated rings. The van der Waals surface area contributed by atoms with Gasteiger partial charge in [0.05, 0.1) is 27.1 Å². The van der Waals surface area contributed by atoms with Crippen molar-refractivity contribution in [3.05, 3.63) is 77.9 Å². The van der Waals surface area contributed by atoms with Gasteiger partial charge < -0.3 is 15.5 Å². The van der Waals surface area contributed by atoms with E-state index in [1.165, 1.54) is 29.9 Å². The summed E-state index contributed by atoms with van der Waals surface area (Å²) in [4.78, 5) is 26.8. The average molecular weight is 471 g/mol. The van der Waals surface area contributed by atoms with Crippen LogP contribution >= 0.6 is 11.3 Å². The highest BCUT2D eigenvalue weighted by molar-refractivity contribution is 7.17. The molecule has 0 aliphatic rings. The predicted molar refractivity (Wildman–Crippen MR) is 126 cm³/mol. The van der Waals surface area contributed by atoms with E-state index in [1.807, 2.05) is 0 Å². The van der Waals surface area contributed by atoms with Crippen LogP contribution < -0.4 is 11.1 Å². The van der Waals surface area contributed by atoms with Crippen molar-refractivity contribution in [1.82, 2.24) is 24.7 Å². The Balaban J connectivity index is 1.52. The molecule has 2 aromatic carbocycles. The summed E-state index contributed by atoms with van der Waals surface area (Å²) in [5.41, 5.74) is 8.77. The quantitative estimate of drug-likeness (QED) is 0.383. The maximum atomic E-state index is 13.5. The Morgan fingerprint density at radius 3 is 2.74 bits per heavy atom. The lowest BCUT2D eigenvalue weighted by atomic mass is 10.2. The number of hydrogen-bond donors (Lipinski definition) is 2. The van der Waals surface area contributed by atoms with Crippen molar-refractivity contribution in [2.45, 2.75) is 0 Å². The lowest BCUT2D eigenvalue weighted by Gasteiger charge is -2.09. The van der Waals surface area contributed by atoms with Crippen molar-refractivity contribution < 1.29 is 13.6 Å². The van der Waals surface area contributed by atoms with Gasteiger partial charge in [0.2, 0.25) is 0 Å². The van der Waals surface area contributed by atoms with E-state index in [0.29, 0.717) is 49.1 Å². The fraction of sp³-hybridized carbons (Fsp3) is 0. The molecule has 0 saturated carbocycles. The summed E-state index contributed by atoms with van der Waals surface area (Å²) in [6.07, 6.45) is 2.92. The number of nitrogens with zero attached hydrogens (tertiary/aromatic N) is 5. The SMILES string of the molecule is Nc1ccc(C(=O)Nc2nc(-c3ccc4ocnc4c3)nc3c2cnn3-c2ccc(F)cc2)s1. The van der Waals surface area contributed by atoms with Gasteiger partial charge in [-0.2, -0.15) is 5.10 Å². The van der Waals surface area contributed by atoms with E-state index >= 15 is 0 Å². The Morgan fingerprint density at radius 2 is 1.94 bits per heavy atom. The molecule has 6 rings (SSSR count). The van der Waals surface area contributed by atoms with E-state index in [0.717, 1.165) is 0 Å². The van der Waals surface area contributed by atoms with Crippen molar-refractivity contribution in [2.75, 3.05) is 11.1 Å². The average Bonchev–Trinajstić information content (AvgIpc) is 3.58. The van der Waals surface area contributed by atoms with Gasteiger partial charge in [-0.15, -0.1) is 11.3 Å². The summed E-state index contributed by atoms with van der Waals surface area (Å²) in [6, 6.07) is 14.6. The Bertz CT molecular complexity index is 1690. The molecule has 0 aliphatic heterocycles. The summed E-state index contributed by atoms with van der Waals surface area (Å²) >= 11 is 1.17. The maximum Gasteiger partial charge on any atom is 0.266 e. The second kappa shape index (κ2) is 7.74. The normalized spacial score (nSPS) is 11.3. The van der Waals surface area contributed by atoms with Crippen molar-refractivity contribution in [2.24, 2.45) is 0 Å². The number of halogens is 1. The van der Waals surface area contributed by atoms with E-state index in [-0.39, 0.29) is 17.5 Å². The largest absolute Gasteiger partial charge is 0.443 e. The molecule has 4 aromatic heterocycles. The number of fused-ring (bicyclic) bond motifs is 2. The van der Waals surface area contributed by atoms with Gasteiger partial charge in [0.25, 0.3) is 5.91 Å². The van der Waals surface area contributed by atoms with Gasteiger partial charge in [-0.3, -0.25) is 4.79 Å². The summed E-state index contributed by atoms with van der Waals surface area (Å²) in [6.45, 7) is 0.